The maximum Gasteiger partial charge on any atom is 0.158 e. The van der Waals surface area contributed by atoms with Crippen LogP contribution in [0.15, 0.2) is 18.2 Å². The van der Waals surface area contributed by atoms with Crippen LogP contribution in [0, 0.1) is 5.92 Å². The van der Waals surface area contributed by atoms with Crippen LogP contribution < -0.4 is 0 Å². The fourth-order valence-electron chi connectivity index (χ4n) is 2.66. The van der Waals surface area contributed by atoms with Crippen molar-refractivity contribution < 1.29 is 4.79 Å². The first-order valence-electron chi connectivity index (χ1n) is 7.44. The summed E-state index contributed by atoms with van der Waals surface area (Å²) < 4.78 is 0. The van der Waals surface area contributed by atoms with E-state index >= 15 is 0 Å². The number of allylic oxidation sites excluding steroid dienone is 1. The van der Waals surface area contributed by atoms with E-state index in [0.29, 0.717) is 5.78 Å². The third-order valence-corrected chi connectivity index (χ3v) is 3.88. The van der Waals surface area contributed by atoms with Crippen LogP contribution in [0.3, 0.4) is 0 Å². The molecule has 0 radical (unpaired) electrons. The molecular weight excluding hydrogens is 234 g/mol. The van der Waals surface area contributed by atoms with Gasteiger partial charge >= 0.3 is 0 Å². The smallest absolute Gasteiger partial charge is 0.158 e. The molecule has 2 rings (SSSR count). The predicted molar refractivity (Wildman–Crippen MR) is 79.0 cm³/mol. The van der Waals surface area contributed by atoms with E-state index in [1.165, 1.54) is 12.8 Å². The molecule has 0 bridgehead atoms. The highest BCUT2D eigenvalue weighted by atomic mass is 16.1. The summed E-state index contributed by atoms with van der Waals surface area (Å²) in [5.41, 5.74) is 3.31. The number of aryl methyl sites for hydroxylation is 2. The van der Waals surface area contributed by atoms with Gasteiger partial charge in [0.15, 0.2) is 5.78 Å². The monoisotopic (exact) mass is 257 g/mol. The standard InChI is InChI=1S/C17H23NO/c1-3-15-11-13(12-16(4-2)18-15)9-10-17(19)14-7-5-6-8-14/h9-12,14H,3-8H2,1-2H3/b10-9+. The zero-order chi connectivity index (χ0) is 13.7. The van der Waals surface area contributed by atoms with Gasteiger partial charge in [-0.15, -0.1) is 0 Å². The number of carbonyl (C=O) groups is 1. The van der Waals surface area contributed by atoms with Crippen molar-refractivity contribution in [2.45, 2.75) is 52.4 Å². The van der Waals surface area contributed by atoms with Crippen LogP contribution >= 0.6 is 0 Å². The van der Waals surface area contributed by atoms with Crippen LogP contribution in [0.1, 0.15) is 56.5 Å². The average molecular weight is 257 g/mol. The lowest BCUT2D eigenvalue weighted by molar-refractivity contribution is -0.117. The molecule has 1 aromatic heterocycles. The Morgan fingerprint density at radius 1 is 1.21 bits per heavy atom. The van der Waals surface area contributed by atoms with Gasteiger partial charge in [-0.2, -0.15) is 0 Å². The van der Waals surface area contributed by atoms with Gasteiger partial charge in [0.1, 0.15) is 0 Å². The molecule has 0 spiro atoms. The lowest BCUT2D eigenvalue weighted by Crippen LogP contribution is -2.06. The molecule has 2 heteroatoms. The van der Waals surface area contributed by atoms with Gasteiger partial charge < -0.3 is 0 Å². The van der Waals surface area contributed by atoms with Gasteiger partial charge in [-0.05, 0) is 49.5 Å². The molecule has 1 saturated carbocycles. The fourth-order valence-corrected chi connectivity index (χ4v) is 2.66. The maximum atomic E-state index is 12.0. The Bertz CT molecular complexity index is 448. The zero-order valence-corrected chi connectivity index (χ0v) is 12.0. The summed E-state index contributed by atoms with van der Waals surface area (Å²) >= 11 is 0. The number of rotatable bonds is 5. The second-order valence-electron chi connectivity index (χ2n) is 5.31. The third kappa shape index (κ3) is 3.76. The SMILES string of the molecule is CCc1cc(/C=C/C(=O)C2CCCC2)cc(CC)n1. The van der Waals surface area contributed by atoms with Crippen molar-refractivity contribution in [2.24, 2.45) is 5.92 Å². The number of hydrogen-bond donors (Lipinski definition) is 0. The summed E-state index contributed by atoms with van der Waals surface area (Å²) in [6, 6.07) is 4.16. The summed E-state index contributed by atoms with van der Waals surface area (Å²) in [5, 5.41) is 0. The Hall–Kier alpha value is -1.44. The molecule has 1 aliphatic carbocycles. The van der Waals surface area contributed by atoms with E-state index in [2.05, 4.69) is 31.0 Å². The second-order valence-corrected chi connectivity index (χ2v) is 5.31. The van der Waals surface area contributed by atoms with Crippen LogP contribution in [-0.4, -0.2) is 10.8 Å². The molecule has 0 aliphatic heterocycles. The van der Waals surface area contributed by atoms with Crippen molar-refractivity contribution >= 4 is 11.9 Å². The summed E-state index contributed by atoms with van der Waals surface area (Å²) in [6.45, 7) is 4.22. The molecule has 1 aromatic rings. The van der Waals surface area contributed by atoms with Gasteiger partial charge in [0.25, 0.3) is 0 Å². The van der Waals surface area contributed by atoms with Crippen LogP contribution in [-0.2, 0) is 17.6 Å². The minimum absolute atomic E-state index is 0.273. The highest BCUT2D eigenvalue weighted by molar-refractivity contribution is 5.95. The molecule has 102 valence electrons. The van der Waals surface area contributed by atoms with Crippen LogP contribution in [0.25, 0.3) is 6.08 Å². The normalized spacial score (nSPS) is 16.3. The first-order valence-corrected chi connectivity index (χ1v) is 7.44. The van der Waals surface area contributed by atoms with Crippen LogP contribution in [0.4, 0.5) is 0 Å². The van der Waals surface area contributed by atoms with Crippen molar-refractivity contribution in [3.63, 3.8) is 0 Å². The number of carbonyl (C=O) groups excluding carboxylic acids is 1. The van der Waals surface area contributed by atoms with Gasteiger partial charge in [-0.1, -0.05) is 32.8 Å². The quantitative estimate of drug-likeness (QED) is 0.747. The summed E-state index contributed by atoms with van der Waals surface area (Å²) in [6.07, 6.45) is 10.2. The Balaban J connectivity index is 2.10. The molecule has 0 amide bonds. The maximum absolute atomic E-state index is 12.0. The lowest BCUT2D eigenvalue weighted by Gasteiger charge is -2.05. The topological polar surface area (TPSA) is 30.0 Å². The van der Waals surface area contributed by atoms with Gasteiger partial charge in [0.2, 0.25) is 0 Å². The first-order chi connectivity index (χ1) is 9.22. The molecule has 19 heavy (non-hydrogen) atoms. The number of aromatic nitrogens is 1. The molecule has 0 aromatic carbocycles. The summed E-state index contributed by atoms with van der Waals surface area (Å²) in [7, 11) is 0. The zero-order valence-electron chi connectivity index (χ0n) is 12.0. The van der Waals surface area contributed by atoms with E-state index in [0.717, 1.165) is 42.6 Å². The van der Waals surface area contributed by atoms with Gasteiger partial charge in [0, 0.05) is 17.3 Å². The Morgan fingerprint density at radius 2 is 1.79 bits per heavy atom. The highest BCUT2D eigenvalue weighted by Gasteiger charge is 2.20. The van der Waals surface area contributed by atoms with E-state index in [1.807, 2.05) is 6.08 Å². The summed E-state index contributed by atoms with van der Waals surface area (Å²) in [5.74, 6) is 0.569. The Morgan fingerprint density at radius 3 is 2.32 bits per heavy atom. The van der Waals surface area contributed by atoms with Crippen LogP contribution in [0.2, 0.25) is 0 Å². The van der Waals surface area contributed by atoms with Gasteiger partial charge in [-0.3, -0.25) is 9.78 Å². The molecule has 1 heterocycles. The minimum atomic E-state index is 0.273. The van der Waals surface area contributed by atoms with Gasteiger partial charge in [0.05, 0.1) is 0 Å². The molecular formula is C17H23NO. The van der Waals surface area contributed by atoms with E-state index in [1.54, 1.807) is 6.08 Å². The van der Waals surface area contributed by atoms with E-state index in [-0.39, 0.29) is 5.92 Å². The number of hydrogen-bond acceptors (Lipinski definition) is 2. The molecule has 0 saturated heterocycles. The van der Waals surface area contributed by atoms with Crippen molar-refractivity contribution in [1.82, 2.24) is 4.98 Å². The van der Waals surface area contributed by atoms with Gasteiger partial charge in [-0.25, -0.2) is 0 Å². The number of nitrogens with zero attached hydrogens (tertiary/aromatic N) is 1. The fraction of sp³-hybridized carbons (Fsp3) is 0.529. The van der Waals surface area contributed by atoms with E-state index < -0.39 is 0 Å². The second kappa shape index (κ2) is 6.65. The van der Waals surface area contributed by atoms with Crippen LogP contribution in [0.5, 0.6) is 0 Å². The van der Waals surface area contributed by atoms with E-state index in [9.17, 15) is 4.79 Å². The summed E-state index contributed by atoms with van der Waals surface area (Å²) in [4.78, 5) is 16.6. The average Bonchev–Trinajstić information content (AvgIpc) is 2.98. The largest absolute Gasteiger partial charge is 0.295 e. The van der Waals surface area contributed by atoms with Crippen molar-refractivity contribution in [3.8, 4) is 0 Å². The van der Waals surface area contributed by atoms with Crippen molar-refractivity contribution in [1.29, 1.82) is 0 Å². The Kier molecular flexibility index (Phi) is 4.89. The molecule has 1 aliphatic rings. The lowest BCUT2D eigenvalue weighted by atomic mass is 10.0. The minimum Gasteiger partial charge on any atom is -0.295 e. The molecule has 1 fully saturated rings. The molecule has 0 N–H and O–H groups in total. The third-order valence-electron chi connectivity index (χ3n) is 3.88. The van der Waals surface area contributed by atoms with Crippen molar-refractivity contribution in [2.75, 3.05) is 0 Å². The predicted octanol–water partition coefficient (Wildman–Crippen LogP) is 3.98. The van der Waals surface area contributed by atoms with Crippen molar-refractivity contribution in [3.05, 3.63) is 35.2 Å². The molecule has 0 atom stereocenters. The Labute approximate surface area is 115 Å². The van der Waals surface area contributed by atoms with E-state index in [4.69, 9.17) is 0 Å². The number of ketones is 1. The highest BCUT2D eigenvalue weighted by Crippen LogP contribution is 2.26. The number of pyridine rings is 1. The molecule has 2 nitrogen and oxygen atoms in total. The molecule has 0 unspecified atom stereocenters. The first kappa shape index (κ1) is 14.0.